The van der Waals surface area contributed by atoms with Gasteiger partial charge in [0, 0.05) is 0 Å². The first-order valence-electron chi connectivity index (χ1n) is 1.52. The maximum absolute atomic E-state index is 9.48. The van der Waals surface area contributed by atoms with Crippen molar-refractivity contribution in [2.24, 2.45) is 0 Å². The summed E-state index contributed by atoms with van der Waals surface area (Å²) in [5.41, 5.74) is 0. The highest BCUT2D eigenvalue weighted by Gasteiger charge is 2.07. The Bertz CT molecular complexity index is 243. The van der Waals surface area contributed by atoms with E-state index in [9.17, 15) is 21.4 Å². The lowest BCUT2D eigenvalue weighted by molar-refractivity contribution is -0.106. The summed E-state index contributed by atoms with van der Waals surface area (Å²) >= 11 is 0. The molecule has 62 valence electrons. The zero-order valence-corrected chi connectivity index (χ0v) is 5.75. The first kappa shape index (κ1) is 9.74. The van der Waals surface area contributed by atoms with Crippen molar-refractivity contribution in [1.29, 1.82) is 0 Å². The minimum atomic E-state index is -5.27. The van der Waals surface area contributed by atoms with Crippen LogP contribution in [0.5, 0.6) is 0 Å². The largest absolute Gasteiger partial charge is 0.724 e. The van der Waals surface area contributed by atoms with E-state index in [0.29, 0.717) is 0 Å². The maximum Gasteiger partial charge on any atom is 0.425 e. The molecule has 0 aliphatic heterocycles. The molecule has 1 N–H and O–H groups in total. The summed E-state index contributed by atoms with van der Waals surface area (Å²) in [5.74, 6) is 0. The monoisotopic (exact) mass is 193 g/mol. The maximum atomic E-state index is 9.48. The predicted molar refractivity (Wildman–Crippen MR) is 23.4 cm³/mol. The Labute approximate surface area is 56.2 Å². The minimum absolute atomic E-state index is 2.67. The third-order valence-electron chi connectivity index (χ3n) is 0.197. The zero-order chi connectivity index (χ0) is 8.41. The highest BCUT2D eigenvalue weighted by molar-refractivity contribution is 7.83. The lowest BCUT2D eigenvalue weighted by Gasteiger charge is -2.01. The van der Waals surface area contributed by atoms with Gasteiger partial charge in [-0.1, -0.05) is 8.67 Å². The average Bonchev–Trinajstić information content (AvgIpc) is 1.57. The molecule has 0 unspecified atom stereocenters. The fraction of sp³-hybridized carbons (Fsp3) is 0. The number of hydrogen-bond acceptors (Lipinski definition) is 7. The van der Waals surface area contributed by atoms with Crippen LogP contribution in [0.4, 0.5) is 0 Å². The highest BCUT2D eigenvalue weighted by Crippen LogP contribution is 1.92. The van der Waals surface area contributed by atoms with E-state index in [0.717, 1.165) is 0 Å². The standard InChI is InChI=1S/H2O8S2/c1-9(2,3)7-8-10(4,5)6/h(H,1,2,3)(H,4,5,6)/p-1. The molecule has 10 heavy (non-hydrogen) atoms. The molecule has 0 atom stereocenters. The second-order valence-corrected chi connectivity index (χ2v) is 2.92. The molecule has 0 radical (unpaired) electrons. The van der Waals surface area contributed by atoms with Gasteiger partial charge in [0.15, 0.2) is 0 Å². The Morgan fingerprint density at radius 1 is 1.10 bits per heavy atom. The zero-order valence-electron chi connectivity index (χ0n) is 4.12. The average molecular weight is 193 g/mol. The molecule has 0 spiro atoms. The molecule has 0 aromatic heterocycles. The number of rotatable bonds is 3. The molecule has 0 bridgehead atoms. The van der Waals surface area contributed by atoms with Crippen molar-refractivity contribution in [2.75, 3.05) is 0 Å². The molecular formula is HO8S2-. The SMILES string of the molecule is O=S(=O)([O-])OOS(=O)(=O)O. The van der Waals surface area contributed by atoms with Gasteiger partial charge in [-0.15, -0.1) is 0 Å². The van der Waals surface area contributed by atoms with Gasteiger partial charge in [-0.3, -0.25) is 4.55 Å². The molecule has 0 saturated carbocycles. The smallest absolute Gasteiger partial charge is 0.425 e. The van der Waals surface area contributed by atoms with Gasteiger partial charge in [-0.2, -0.15) is 8.42 Å². The van der Waals surface area contributed by atoms with Crippen LogP contribution >= 0.6 is 0 Å². The molecule has 0 heterocycles. The van der Waals surface area contributed by atoms with E-state index in [4.69, 9.17) is 4.55 Å². The molecule has 0 aromatic rings. The van der Waals surface area contributed by atoms with E-state index in [1.165, 1.54) is 0 Å². The predicted octanol–water partition coefficient (Wildman–Crippen LogP) is -1.80. The van der Waals surface area contributed by atoms with Crippen LogP contribution in [-0.2, 0) is 29.5 Å². The summed E-state index contributed by atoms with van der Waals surface area (Å²) in [4.78, 5) is 0. The summed E-state index contributed by atoms with van der Waals surface area (Å²) in [7, 11) is -10.3. The van der Waals surface area contributed by atoms with Crippen LogP contribution in [-0.4, -0.2) is 25.9 Å². The Morgan fingerprint density at radius 3 is 1.60 bits per heavy atom. The van der Waals surface area contributed by atoms with Crippen LogP contribution in [0.15, 0.2) is 0 Å². The summed E-state index contributed by atoms with van der Waals surface area (Å²) in [6.45, 7) is 0. The molecule has 0 amide bonds. The molecule has 0 saturated heterocycles. The molecular weight excluding hydrogens is 192 g/mol. The van der Waals surface area contributed by atoms with E-state index in [1.54, 1.807) is 0 Å². The second-order valence-electron chi connectivity index (χ2n) is 0.972. The third kappa shape index (κ3) is 7.74. The Kier molecular flexibility index (Phi) is 2.70. The van der Waals surface area contributed by atoms with Gasteiger partial charge in [0.05, 0.1) is 0 Å². The fourth-order valence-electron chi connectivity index (χ4n) is 0.0691. The Morgan fingerprint density at radius 2 is 1.50 bits per heavy atom. The summed E-state index contributed by atoms with van der Waals surface area (Å²) in [6.07, 6.45) is 0. The first-order chi connectivity index (χ1) is 4.21. The minimum Gasteiger partial charge on any atom is -0.724 e. The third-order valence-corrected chi connectivity index (χ3v) is 0.758. The van der Waals surface area contributed by atoms with Crippen molar-refractivity contribution in [1.82, 2.24) is 0 Å². The highest BCUT2D eigenvalue weighted by atomic mass is 32.3. The summed E-state index contributed by atoms with van der Waals surface area (Å²) < 4.78 is 60.2. The Hall–Kier alpha value is -0.260. The molecule has 0 fully saturated rings. The van der Waals surface area contributed by atoms with Gasteiger partial charge in [0.2, 0.25) is 10.4 Å². The lowest BCUT2D eigenvalue weighted by Crippen LogP contribution is -2.10. The normalized spacial score (nSPS) is 13.4. The molecule has 0 rings (SSSR count). The van der Waals surface area contributed by atoms with Crippen molar-refractivity contribution in [3.05, 3.63) is 0 Å². The molecule has 8 nitrogen and oxygen atoms in total. The van der Waals surface area contributed by atoms with E-state index >= 15 is 0 Å². The van der Waals surface area contributed by atoms with Crippen LogP contribution in [0.25, 0.3) is 0 Å². The van der Waals surface area contributed by atoms with Crippen LogP contribution in [0.2, 0.25) is 0 Å². The van der Waals surface area contributed by atoms with Crippen LogP contribution < -0.4 is 0 Å². The summed E-state index contributed by atoms with van der Waals surface area (Å²) in [6, 6.07) is 0. The van der Waals surface area contributed by atoms with Gasteiger partial charge in [-0.05, 0) is 0 Å². The topological polar surface area (TPSA) is 130 Å². The van der Waals surface area contributed by atoms with Gasteiger partial charge in [-0.25, -0.2) is 8.42 Å². The lowest BCUT2D eigenvalue weighted by atomic mass is 14.9. The van der Waals surface area contributed by atoms with Gasteiger partial charge in [0.25, 0.3) is 0 Å². The van der Waals surface area contributed by atoms with E-state index < -0.39 is 20.8 Å². The van der Waals surface area contributed by atoms with E-state index in [1.807, 2.05) is 0 Å². The van der Waals surface area contributed by atoms with Gasteiger partial charge < -0.3 is 4.55 Å². The van der Waals surface area contributed by atoms with Crippen molar-refractivity contribution in [2.45, 2.75) is 0 Å². The first-order valence-corrected chi connectivity index (χ1v) is 4.21. The fourth-order valence-corrected chi connectivity index (χ4v) is 0.622. The van der Waals surface area contributed by atoms with Crippen LogP contribution in [0, 0.1) is 0 Å². The van der Waals surface area contributed by atoms with Crippen molar-refractivity contribution in [3.63, 3.8) is 0 Å². The molecule has 0 aliphatic carbocycles. The summed E-state index contributed by atoms with van der Waals surface area (Å²) in [5, 5.41) is 0. The molecule has 10 heteroatoms. The number of hydrogen-bond donors (Lipinski definition) is 1. The van der Waals surface area contributed by atoms with Crippen molar-refractivity contribution < 1.29 is 34.6 Å². The van der Waals surface area contributed by atoms with Crippen molar-refractivity contribution >= 4 is 20.8 Å². The second kappa shape index (κ2) is 2.77. The van der Waals surface area contributed by atoms with Gasteiger partial charge >= 0.3 is 10.4 Å². The van der Waals surface area contributed by atoms with Crippen LogP contribution in [0.3, 0.4) is 0 Å². The van der Waals surface area contributed by atoms with Gasteiger partial charge in [0.1, 0.15) is 0 Å². The molecule has 0 aliphatic rings. The quantitative estimate of drug-likeness (QED) is 0.240. The van der Waals surface area contributed by atoms with E-state index in [2.05, 4.69) is 8.67 Å². The molecule has 0 aromatic carbocycles. The van der Waals surface area contributed by atoms with Crippen LogP contribution in [0.1, 0.15) is 0 Å². The van der Waals surface area contributed by atoms with E-state index in [-0.39, 0.29) is 0 Å². The Balaban J connectivity index is 4.05. The van der Waals surface area contributed by atoms with Crippen molar-refractivity contribution in [3.8, 4) is 0 Å².